The van der Waals surface area contributed by atoms with Gasteiger partial charge < -0.3 is 5.32 Å². The summed E-state index contributed by atoms with van der Waals surface area (Å²) >= 11 is 0. The number of amides is 1. The number of nitrogens with zero attached hydrogens (tertiary/aromatic N) is 3. The summed E-state index contributed by atoms with van der Waals surface area (Å²) in [6.07, 6.45) is 7.33. The molecule has 4 aromatic rings. The van der Waals surface area contributed by atoms with Gasteiger partial charge in [0.05, 0.1) is 24.2 Å². The van der Waals surface area contributed by atoms with E-state index in [1.165, 1.54) is 24.3 Å². The number of aryl methyl sites for hydroxylation is 1. The topological polar surface area (TPSA) is 67.9 Å². The molecule has 0 atom stereocenters. The minimum Gasteiger partial charge on any atom is -0.324 e. The first kappa shape index (κ1) is 19.4. The number of anilines is 1. The number of hydrogen-bond donors (Lipinski definition) is 1. The summed E-state index contributed by atoms with van der Waals surface area (Å²) in [6.45, 7) is 0.619. The maximum Gasteiger partial charge on any atom is 0.244 e. The first-order valence-corrected chi connectivity index (χ1v) is 9.56. The molecule has 0 spiro atoms. The Morgan fingerprint density at radius 2 is 1.87 bits per heavy atom. The molecule has 6 nitrogen and oxygen atoms in total. The van der Waals surface area contributed by atoms with Crippen molar-refractivity contribution in [3.05, 3.63) is 90.9 Å². The number of hydrogen-bond acceptors (Lipinski definition) is 3. The number of benzene rings is 2. The third-order valence-electron chi connectivity index (χ3n) is 4.74. The molecule has 2 heterocycles. The number of nitrogens with one attached hydrogen (secondary N) is 1. The van der Waals surface area contributed by atoms with Gasteiger partial charge in [0.15, 0.2) is 6.54 Å². The molecule has 0 saturated heterocycles. The maximum absolute atomic E-state index is 13.0. The van der Waals surface area contributed by atoms with Crippen molar-refractivity contribution in [2.75, 3.05) is 5.32 Å². The maximum atomic E-state index is 13.0. The van der Waals surface area contributed by atoms with Crippen molar-refractivity contribution in [3.8, 4) is 0 Å². The van der Waals surface area contributed by atoms with Gasteiger partial charge in [0.1, 0.15) is 18.2 Å². The van der Waals surface area contributed by atoms with Gasteiger partial charge in [-0.3, -0.25) is 14.6 Å². The summed E-state index contributed by atoms with van der Waals surface area (Å²) in [5, 5.41) is 3.88. The van der Waals surface area contributed by atoms with Crippen LogP contribution in [0.4, 0.5) is 10.1 Å². The number of carbonyl (C=O) groups excluding carboxylic acids is 2. The SMILES string of the molecule is O=C(CCn1cc[n+](CC(=O)c2ccc(F)cc2)c1)Nc1cccc2cccnc12. The molecule has 150 valence electrons. The molecule has 2 aromatic carbocycles. The molecule has 0 bridgehead atoms. The Kier molecular flexibility index (Phi) is 5.61. The number of halogens is 1. The molecular weight excluding hydrogens is 383 g/mol. The first-order valence-electron chi connectivity index (χ1n) is 9.56. The van der Waals surface area contributed by atoms with Crippen molar-refractivity contribution < 1.29 is 18.5 Å². The summed E-state index contributed by atoms with van der Waals surface area (Å²) in [6, 6.07) is 15.0. The molecule has 0 aliphatic rings. The average molecular weight is 403 g/mol. The molecule has 0 fully saturated rings. The Balaban J connectivity index is 1.33. The zero-order chi connectivity index (χ0) is 20.9. The number of rotatable bonds is 7. The van der Waals surface area contributed by atoms with E-state index in [0.717, 1.165) is 10.9 Å². The predicted molar refractivity (Wildman–Crippen MR) is 110 cm³/mol. The molecule has 30 heavy (non-hydrogen) atoms. The Bertz CT molecular complexity index is 1200. The Morgan fingerprint density at radius 1 is 1.07 bits per heavy atom. The molecule has 2 aromatic heterocycles. The van der Waals surface area contributed by atoms with Gasteiger partial charge in [-0.1, -0.05) is 18.2 Å². The highest BCUT2D eigenvalue weighted by Crippen LogP contribution is 2.20. The van der Waals surface area contributed by atoms with Gasteiger partial charge in [-0.15, -0.1) is 0 Å². The lowest BCUT2D eigenvalue weighted by atomic mass is 10.1. The van der Waals surface area contributed by atoms with E-state index in [9.17, 15) is 14.0 Å². The fraction of sp³-hybridized carbons (Fsp3) is 0.130. The molecule has 0 aliphatic heterocycles. The van der Waals surface area contributed by atoms with E-state index in [0.29, 0.717) is 17.8 Å². The van der Waals surface area contributed by atoms with Crippen LogP contribution in [0.1, 0.15) is 16.8 Å². The second kappa shape index (κ2) is 8.65. The van der Waals surface area contributed by atoms with Gasteiger partial charge in [0.2, 0.25) is 18.0 Å². The smallest absolute Gasteiger partial charge is 0.244 e. The highest BCUT2D eigenvalue weighted by molar-refractivity contribution is 6.00. The fourth-order valence-electron chi connectivity index (χ4n) is 3.21. The molecule has 0 aliphatic carbocycles. The molecule has 1 N–H and O–H groups in total. The number of Topliss-reactive ketones (excluding diaryl/α,β-unsaturated/α-hetero) is 1. The van der Waals surface area contributed by atoms with E-state index in [4.69, 9.17) is 0 Å². The highest BCUT2D eigenvalue weighted by atomic mass is 19.1. The summed E-state index contributed by atoms with van der Waals surface area (Å²) in [7, 11) is 0. The summed E-state index contributed by atoms with van der Waals surface area (Å²) < 4.78 is 16.6. The van der Waals surface area contributed by atoms with Gasteiger partial charge in [0.25, 0.3) is 0 Å². The van der Waals surface area contributed by atoms with E-state index in [1.807, 2.05) is 41.1 Å². The summed E-state index contributed by atoms with van der Waals surface area (Å²) in [4.78, 5) is 29.0. The van der Waals surface area contributed by atoms with E-state index >= 15 is 0 Å². The Labute approximate surface area is 172 Å². The number of carbonyl (C=O) groups is 2. The number of pyridine rings is 1. The number of imidazole rings is 1. The average Bonchev–Trinajstić information content (AvgIpc) is 3.20. The minimum absolute atomic E-state index is 0.112. The molecule has 4 rings (SSSR count). The molecular formula is C23H20FN4O2+. The summed E-state index contributed by atoms with van der Waals surface area (Å²) in [5.41, 5.74) is 1.90. The van der Waals surface area contributed by atoms with Crippen LogP contribution in [-0.4, -0.2) is 21.2 Å². The van der Waals surface area contributed by atoms with Crippen LogP contribution >= 0.6 is 0 Å². The van der Waals surface area contributed by atoms with E-state index < -0.39 is 0 Å². The van der Waals surface area contributed by atoms with Crippen LogP contribution in [0.5, 0.6) is 0 Å². The van der Waals surface area contributed by atoms with Gasteiger partial charge in [0, 0.05) is 17.1 Å². The molecule has 0 unspecified atom stereocenters. The predicted octanol–water partition coefficient (Wildman–Crippen LogP) is 3.37. The van der Waals surface area contributed by atoms with Crippen molar-refractivity contribution in [2.24, 2.45) is 0 Å². The monoisotopic (exact) mass is 403 g/mol. The van der Waals surface area contributed by atoms with Crippen LogP contribution < -0.4 is 9.88 Å². The van der Waals surface area contributed by atoms with Gasteiger partial charge in [-0.25, -0.2) is 13.5 Å². The Morgan fingerprint density at radius 3 is 2.70 bits per heavy atom. The molecule has 0 radical (unpaired) electrons. The fourth-order valence-corrected chi connectivity index (χ4v) is 3.21. The highest BCUT2D eigenvalue weighted by Gasteiger charge is 2.13. The third-order valence-corrected chi connectivity index (χ3v) is 4.74. The van der Waals surface area contributed by atoms with Crippen molar-refractivity contribution in [2.45, 2.75) is 19.5 Å². The van der Waals surface area contributed by atoms with E-state index in [2.05, 4.69) is 10.3 Å². The van der Waals surface area contributed by atoms with Crippen LogP contribution in [0.25, 0.3) is 10.9 Å². The number of ketones is 1. The van der Waals surface area contributed by atoms with E-state index in [-0.39, 0.29) is 30.5 Å². The van der Waals surface area contributed by atoms with Crippen LogP contribution in [0, 0.1) is 5.82 Å². The van der Waals surface area contributed by atoms with Crippen LogP contribution in [0.3, 0.4) is 0 Å². The zero-order valence-corrected chi connectivity index (χ0v) is 16.2. The molecule has 0 saturated carbocycles. The lowest BCUT2D eigenvalue weighted by Crippen LogP contribution is -2.35. The van der Waals surface area contributed by atoms with Crippen LogP contribution in [0.2, 0.25) is 0 Å². The van der Waals surface area contributed by atoms with Gasteiger partial charge >= 0.3 is 0 Å². The second-order valence-corrected chi connectivity index (χ2v) is 6.93. The molecule has 7 heteroatoms. The quantitative estimate of drug-likeness (QED) is 0.380. The Hall–Kier alpha value is -3.87. The summed E-state index contributed by atoms with van der Waals surface area (Å²) in [5.74, 6) is -0.599. The van der Waals surface area contributed by atoms with E-state index in [1.54, 1.807) is 23.3 Å². The van der Waals surface area contributed by atoms with Crippen molar-refractivity contribution in [1.82, 2.24) is 9.55 Å². The normalized spacial score (nSPS) is 10.8. The standard InChI is InChI=1S/C23H19FN4O2/c24-19-8-6-17(7-9-19)21(29)15-28-14-13-27(16-28)12-10-22(30)26-20-5-1-3-18-4-2-11-25-23(18)20/h1-9,11,13-14,16H,10,12,15H2/p+1. The van der Waals surface area contributed by atoms with Crippen LogP contribution in [0.15, 0.2) is 79.5 Å². The van der Waals surface area contributed by atoms with Crippen LogP contribution in [-0.2, 0) is 17.9 Å². The van der Waals surface area contributed by atoms with Crippen molar-refractivity contribution >= 4 is 28.3 Å². The minimum atomic E-state index is -0.372. The number of aromatic nitrogens is 3. The number of para-hydroxylation sites is 1. The second-order valence-electron chi connectivity index (χ2n) is 6.93. The zero-order valence-electron chi connectivity index (χ0n) is 16.2. The largest absolute Gasteiger partial charge is 0.324 e. The lowest BCUT2D eigenvalue weighted by Gasteiger charge is -2.07. The molecule has 1 amide bonds. The first-order chi connectivity index (χ1) is 14.6. The third kappa shape index (κ3) is 4.57. The lowest BCUT2D eigenvalue weighted by molar-refractivity contribution is -0.682. The van der Waals surface area contributed by atoms with Crippen molar-refractivity contribution in [1.29, 1.82) is 0 Å². The number of fused-ring (bicyclic) bond motifs is 1. The van der Waals surface area contributed by atoms with Gasteiger partial charge in [-0.05, 0) is 36.4 Å². The van der Waals surface area contributed by atoms with Crippen molar-refractivity contribution in [3.63, 3.8) is 0 Å². The van der Waals surface area contributed by atoms with Gasteiger partial charge in [-0.2, -0.15) is 0 Å².